The third-order valence-electron chi connectivity index (χ3n) is 3.70. The van der Waals surface area contributed by atoms with Crippen LogP contribution in [0.2, 0.25) is 0 Å². The molecule has 0 spiro atoms. The molecule has 0 aliphatic heterocycles. The van der Waals surface area contributed by atoms with E-state index in [2.05, 4.69) is 41.8 Å². The van der Waals surface area contributed by atoms with Crippen LogP contribution in [0, 0.1) is 13.8 Å². The van der Waals surface area contributed by atoms with Crippen molar-refractivity contribution in [2.24, 2.45) is 0 Å². The Morgan fingerprint density at radius 2 is 2.08 bits per heavy atom. The molecule has 0 aliphatic rings. The first kappa shape index (κ1) is 17.5. The van der Waals surface area contributed by atoms with E-state index in [0.717, 1.165) is 20.7 Å². The van der Waals surface area contributed by atoms with Gasteiger partial charge in [-0.2, -0.15) is 10.1 Å². The van der Waals surface area contributed by atoms with Crippen molar-refractivity contribution in [3.8, 4) is 0 Å². The summed E-state index contributed by atoms with van der Waals surface area (Å²) in [5, 5.41) is 4.13. The maximum Gasteiger partial charge on any atom is 0.279 e. The van der Waals surface area contributed by atoms with Crippen molar-refractivity contribution < 1.29 is 9.59 Å². The summed E-state index contributed by atoms with van der Waals surface area (Å²) in [5.74, 6) is -0.0823. The van der Waals surface area contributed by atoms with Gasteiger partial charge in [0, 0.05) is 17.8 Å². The predicted octanol–water partition coefficient (Wildman–Crippen LogP) is 1.96. The highest BCUT2D eigenvalue weighted by Gasteiger charge is 2.13. The van der Waals surface area contributed by atoms with Crippen molar-refractivity contribution in [2.75, 3.05) is 0 Å². The van der Waals surface area contributed by atoms with Gasteiger partial charge in [-0.3, -0.25) is 20.4 Å². The molecule has 3 heterocycles. The van der Waals surface area contributed by atoms with E-state index in [1.54, 1.807) is 16.6 Å². The first-order chi connectivity index (χ1) is 12.0. The first-order valence-corrected chi connectivity index (χ1v) is 9.07. The number of amides is 2. The van der Waals surface area contributed by atoms with Crippen molar-refractivity contribution in [3.05, 3.63) is 44.1 Å². The highest BCUT2D eigenvalue weighted by molar-refractivity contribution is 9.11. The number of nitrogens with one attached hydrogen (secondary N) is 2. The zero-order valence-corrected chi connectivity index (χ0v) is 15.9. The molecule has 8 nitrogen and oxygen atoms in total. The first-order valence-electron chi connectivity index (χ1n) is 7.46. The number of carbonyl (C=O) groups excluding carboxylic acids is 2. The van der Waals surface area contributed by atoms with E-state index in [1.165, 1.54) is 17.7 Å². The highest BCUT2D eigenvalue weighted by atomic mass is 79.9. The van der Waals surface area contributed by atoms with Crippen LogP contribution in [0.4, 0.5) is 0 Å². The average Bonchev–Trinajstić information content (AvgIpc) is 3.21. The standard InChI is InChI=1S/C15H15BrN6O2S/c1-8-10(9(2)22-15(19-8)17-7-18-22)3-6-13(23)20-21-14(24)11-4-5-12(16)25-11/h4-5,7H,3,6H2,1-2H3,(H,20,23)(H,21,24). The summed E-state index contributed by atoms with van der Waals surface area (Å²) in [4.78, 5) is 32.9. The van der Waals surface area contributed by atoms with Crippen molar-refractivity contribution in [1.29, 1.82) is 0 Å². The fraction of sp³-hybridized carbons (Fsp3) is 0.267. The van der Waals surface area contributed by atoms with Crippen LogP contribution in [-0.4, -0.2) is 31.4 Å². The summed E-state index contributed by atoms with van der Waals surface area (Å²) in [6.45, 7) is 3.80. The maximum atomic E-state index is 12.0. The number of aromatic nitrogens is 4. The lowest BCUT2D eigenvalue weighted by molar-refractivity contribution is -0.121. The molecule has 0 saturated carbocycles. The van der Waals surface area contributed by atoms with E-state index in [4.69, 9.17) is 0 Å². The van der Waals surface area contributed by atoms with Crippen LogP contribution < -0.4 is 10.9 Å². The third kappa shape index (κ3) is 3.85. The van der Waals surface area contributed by atoms with E-state index in [9.17, 15) is 9.59 Å². The Morgan fingerprint density at radius 3 is 2.80 bits per heavy atom. The molecule has 0 unspecified atom stereocenters. The molecular formula is C15H15BrN6O2S. The number of hydrazine groups is 1. The zero-order valence-electron chi connectivity index (χ0n) is 13.5. The average molecular weight is 423 g/mol. The van der Waals surface area contributed by atoms with Crippen LogP contribution in [0.25, 0.3) is 5.78 Å². The minimum atomic E-state index is -0.345. The summed E-state index contributed by atoms with van der Waals surface area (Å²) < 4.78 is 2.50. The molecule has 3 aromatic heterocycles. The lowest BCUT2D eigenvalue weighted by Crippen LogP contribution is -2.41. The highest BCUT2D eigenvalue weighted by Crippen LogP contribution is 2.21. The van der Waals surface area contributed by atoms with Crippen LogP contribution in [0.5, 0.6) is 0 Å². The Hall–Kier alpha value is -2.33. The quantitative estimate of drug-likeness (QED) is 0.625. The minimum absolute atomic E-state index is 0.220. The monoisotopic (exact) mass is 422 g/mol. The van der Waals surface area contributed by atoms with Crippen LogP contribution in [0.15, 0.2) is 22.2 Å². The van der Waals surface area contributed by atoms with Gasteiger partial charge in [0.2, 0.25) is 5.91 Å². The van der Waals surface area contributed by atoms with Crippen molar-refractivity contribution in [1.82, 2.24) is 30.4 Å². The number of thiophene rings is 1. The molecule has 0 aliphatic carbocycles. The molecule has 3 rings (SSSR count). The molecule has 2 amide bonds. The smallest absolute Gasteiger partial charge is 0.273 e. The Morgan fingerprint density at radius 1 is 1.28 bits per heavy atom. The second-order valence-corrected chi connectivity index (χ2v) is 7.80. The van der Waals surface area contributed by atoms with Crippen molar-refractivity contribution in [2.45, 2.75) is 26.7 Å². The number of nitrogens with zero attached hydrogens (tertiary/aromatic N) is 4. The molecule has 0 bridgehead atoms. The third-order valence-corrected chi connectivity index (χ3v) is 5.33. The van der Waals surface area contributed by atoms with E-state index in [1.807, 2.05) is 13.8 Å². The fourth-order valence-corrected chi connectivity index (χ4v) is 3.72. The Kier molecular flexibility index (Phi) is 5.09. The van der Waals surface area contributed by atoms with Gasteiger partial charge >= 0.3 is 0 Å². The lowest BCUT2D eigenvalue weighted by atomic mass is 10.1. The van der Waals surface area contributed by atoms with Crippen molar-refractivity contribution >= 4 is 44.9 Å². The van der Waals surface area contributed by atoms with Gasteiger partial charge in [-0.1, -0.05) is 0 Å². The second-order valence-electron chi connectivity index (χ2n) is 5.34. The molecule has 25 heavy (non-hydrogen) atoms. The Labute approximate surface area is 155 Å². The molecule has 130 valence electrons. The molecule has 0 radical (unpaired) electrons. The van der Waals surface area contributed by atoms with Crippen molar-refractivity contribution in [3.63, 3.8) is 0 Å². The molecule has 3 aromatic rings. The number of halogens is 1. The molecular weight excluding hydrogens is 408 g/mol. The topological polar surface area (TPSA) is 101 Å². The van der Waals surface area contributed by atoms with Gasteiger partial charge in [0.15, 0.2) is 0 Å². The molecule has 10 heteroatoms. The van der Waals surface area contributed by atoms with Crippen LogP contribution in [0.3, 0.4) is 0 Å². The molecule has 0 saturated heterocycles. The number of fused-ring (bicyclic) bond motifs is 1. The summed E-state index contributed by atoms with van der Waals surface area (Å²) >= 11 is 4.59. The number of carbonyl (C=O) groups is 2. The molecule has 0 aromatic carbocycles. The van der Waals surface area contributed by atoms with Gasteiger partial charge < -0.3 is 0 Å². The maximum absolute atomic E-state index is 12.0. The van der Waals surface area contributed by atoms with Crippen LogP contribution in [-0.2, 0) is 11.2 Å². The minimum Gasteiger partial charge on any atom is -0.273 e. The van der Waals surface area contributed by atoms with Gasteiger partial charge in [-0.25, -0.2) is 9.50 Å². The summed E-state index contributed by atoms with van der Waals surface area (Å²) in [5.41, 5.74) is 7.51. The lowest BCUT2D eigenvalue weighted by Gasteiger charge is -2.10. The van der Waals surface area contributed by atoms with E-state index in [0.29, 0.717) is 17.1 Å². The summed E-state index contributed by atoms with van der Waals surface area (Å²) in [6.07, 6.45) is 2.16. The Bertz CT molecular complexity index is 951. The molecule has 0 atom stereocenters. The normalized spacial score (nSPS) is 10.8. The number of hydrogen-bond acceptors (Lipinski definition) is 6. The summed E-state index contributed by atoms with van der Waals surface area (Å²) in [6, 6.07) is 3.46. The molecule has 2 N–H and O–H groups in total. The van der Waals surface area contributed by atoms with Gasteiger partial charge in [0.1, 0.15) is 6.33 Å². The van der Waals surface area contributed by atoms with Crippen LogP contribution >= 0.6 is 27.3 Å². The van der Waals surface area contributed by atoms with E-state index in [-0.39, 0.29) is 18.2 Å². The fourth-order valence-electron chi connectivity index (χ4n) is 2.44. The predicted molar refractivity (Wildman–Crippen MR) is 96.2 cm³/mol. The molecule has 0 fully saturated rings. The zero-order chi connectivity index (χ0) is 18.0. The van der Waals surface area contributed by atoms with E-state index < -0.39 is 0 Å². The van der Waals surface area contributed by atoms with Gasteiger partial charge in [0.05, 0.1) is 8.66 Å². The van der Waals surface area contributed by atoms with E-state index >= 15 is 0 Å². The summed E-state index contributed by atoms with van der Waals surface area (Å²) in [7, 11) is 0. The number of aryl methyl sites for hydroxylation is 2. The van der Waals surface area contributed by atoms with Gasteiger partial charge in [0.25, 0.3) is 11.7 Å². The SMILES string of the molecule is Cc1nc2ncnn2c(C)c1CCC(=O)NNC(=O)c1ccc(Br)s1. The largest absolute Gasteiger partial charge is 0.279 e. The Balaban J connectivity index is 1.58. The number of hydrogen-bond donors (Lipinski definition) is 2. The van der Waals surface area contributed by atoms with Gasteiger partial charge in [-0.05, 0) is 53.9 Å². The van der Waals surface area contributed by atoms with Gasteiger partial charge in [-0.15, -0.1) is 11.3 Å². The second kappa shape index (κ2) is 7.28. The van der Waals surface area contributed by atoms with Crippen LogP contribution in [0.1, 0.15) is 33.0 Å². The number of rotatable bonds is 4.